The van der Waals surface area contributed by atoms with Gasteiger partial charge in [0.25, 0.3) is 0 Å². The van der Waals surface area contributed by atoms with Crippen molar-refractivity contribution in [3.63, 3.8) is 0 Å². The molecule has 0 spiro atoms. The lowest BCUT2D eigenvalue weighted by molar-refractivity contribution is 0.308. The molecule has 0 aromatic heterocycles. The molecule has 0 radical (unpaired) electrons. The first kappa shape index (κ1) is 21.9. The van der Waals surface area contributed by atoms with Crippen LogP contribution in [0.5, 0.6) is 11.5 Å². The Balaban J connectivity index is 2.09. The molecule has 160 valence electrons. The molecule has 1 aliphatic heterocycles. The van der Waals surface area contributed by atoms with Crippen molar-refractivity contribution in [2.75, 3.05) is 27.3 Å². The van der Waals surface area contributed by atoms with Crippen LogP contribution in [-0.2, 0) is 16.6 Å². The maximum Gasteiger partial charge on any atom is 0.247 e. The second-order valence-electron chi connectivity index (χ2n) is 7.10. The fourth-order valence-electron chi connectivity index (χ4n) is 3.59. The summed E-state index contributed by atoms with van der Waals surface area (Å²) < 4.78 is 53.9. The van der Waals surface area contributed by atoms with Gasteiger partial charge >= 0.3 is 0 Å². The number of rotatable bonds is 7. The number of likely N-dealkylation sites (tertiary alicyclic amines) is 1. The minimum Gasteiger partial charge on any atom is -0.497 e. The Kier molecular flexibility index (Phi) is 6.48. The molecule has 1 fully saturated rings. The summed E-state index contributed by atoms with van der Waals surface area (Å²) in [6.45, 7) is 2.17. The van der Waals surface area contributed by atoms with E-state index in [2.05, 4.69) is 6.19 Å². The number of benzene rings is 2. The van der Waals surface area contributed by atoms with Crippen LogP contribution in [0, 0.1) is 24.2 Å². The van der Waals surface area contributed by atoms with E-state index in [1.807, 2.05) is 0 Å². The highest BCUT2D eigenvalue weighted by atomic mass is 32.2. The van der Waals surface area contributed by atoms with E-state index in [1.165, 1.54) is 35.6 Å². The van der Waals surface area contributed by atoms with Gasteiger partial charge in [0.2, 0.25) is 10.0 Å². The van der Waals surface area contributed by atoms with E-state index in [0.29, 0.717) is 24.3 Å². The van der Waals surface area contributed by atoms with Crippen LogP contribution in [0.25, 0.3) is 0 Å². The van der Waals surface area contributed by atoms with Gasteiger partial charge in [-0.15, -0.1) is 0 Å². The Morgan fingerprint density at radius 3 is 2.67 bits per heavy atom. The SMILES string of the molecule is COc1ccc(OC)c(S(=O)(=O)N(Cc2cccc(C)c2F)C2CCN(C#N)C2)c1. The van der Waals surface area contributed by atoms with Crippen molar-refractivity contribution >= 4 is 10.0 Å². The molecule has 2 aromatic carbocycles. The summed E-state index contributed by atoms with van der Waals surface area (Å²) >= 11 is 0. The molecule has 1 heterocycles. The van der Waals surface area contributed by atoms with Gasteiger partial charge in [0, 0.05) is 37.3 Å². The highest BCUT2D eigenvalue weighted by Crippen LogP contribution is 2.34. The Morgan fingerprint density at radius 1 is 1.27 bits per heavy atom. The van der Waals surface area contributed by atoms with Crippen LogP contribution >= 0.6 is 0 Å². The van der Waals surface area contributed by atoms with Gasteiger partial charge < -0.3 is 14.4 Å². The maximum atomic E-state index is 14.7. The standard InChI is InChI=1S/C21H24FN3O4S/c1-15-5-4-6-16(21(15)22)12-25(17-9-10-24(13-17)14-23)30(26,27)20-11-18(28-2)7-8-19(20)29-3/h4-8,11,17H,9-10,12-13H2,1-3H3. The first-order valence-corrected chi connectivity index (χ1v) is 10.9. The van der Waals surface area contributed by atoms with Crippen molar-refractivity contribution in [2.24, 2.45) is 0 Å². The smallest absolute Gasteiger partial charge is 0.247 e. The van der Waals surface area contributed by atoms with Crippen molar-refractivity contribution in [1.82, 2.24) is 9.21 Å². The molecule has 0 aliphatic carbocycles. The highest BCUT2D eigenvalue weighted by molar-refractivity contribution is 7.89. The zero-order valence-electron chi connectivity index (χ0n) is 17.1. The normalized spacial score (nSPS) is 16.5. The molecule has 2 aromatic rings. The molecule has 0 bridgehead atoms. The lowest BCUT2D eigenvalue weighted by Crippen LogP contribution is -2.41. The summed E-state index contributed by atoms with van der Waals surface area (Å²) in [7, 11) is -1.26. The molecule has 0 N–H and O–H groups in total. The van der Waals surface area contributed by atoms with Crippen molar-refractivity contribution in [3.05, 3.63) is 53.3 Å². The minimum atomic E-state index is -4.09. The summed E-state index contributed by atoms with van der Waals surface area (Å²) in [6.07, 6.45) is 2.52. The van der Waals surface area contributed by atoms with E-state index in [1.54, 1.807) is 31.2 Å². The molecule has 1 saturated heterocycles. The topological polar surface area (TPSA) is 82.9 Å². The van der Waals surface area contributed by atoms with Crippen molar-refractivity contribution in [3.8, 4) is 17.7 Å². The molecule has 9 heteroatoms. The largest absolute Gasteiger partial charge is 0.497 e. The number of nitrogens with zero attached hydrogens (tertiary/aromatic N) is 3. The lowest BCUT2D eigenvalue weighted by Gasteiger charge is -2.29. The Morgan fingerprint density at radius 2 is 2.03 bits per heavy atom. The quantitative estimate of drug-likeness (QED) is 0.625. The van der Waals surface area contributed by atoms with Gasteiger partial charge in [0.1, 0.15) is 22.2 Å². The maximum absolute atomic E-state index is 14.7. The van der Waals surface area contributed by atoms with Gasteiger partial charge in [-0.2, -0.15) is 9.57 Å². The number of nitriles is 1. The zero-order valence-corrected chi connectivity index (χ0v) is 17.9. The molecular weight excluding hydrogens is 409 g/mol. The molecule has 30 heavy (non-hydrogen) atoms. The predicted molar refractivity (Wildman–Crippen MR) is 109 cm³/mol. The molecule has 1 aliphatic rings. The number of ether oxygens (including phenoxy) is 2. The summed E-state index contributed by atoms with van der Waals surface area (Å²) in [5.74, 6) is 0.0900. The number of hydrogen-bond donors (Lipinski definition) is 0. The number of aryl methyl sites for hydroxylation is 1. The first-order chi connectivity index (χ1) is 14.3. The van der Waals surface area contributed by atoms with Gasteiger partial charge in [0.15, 0.2) is 6.19 Å². The average Bonchev–Trinajstić information content (AvgIpc) is 3.22. The summed E-state index contributed by atoms with van der Waals surface area (Å²) in [5, 5.41) is 9.22. The molecule has 3 rings (SSSR count). The number of hydrogen-bond acceptors (Lipinski definition) is 6. The van der Waals surface area contributed by atoms with E-state index in [9.17, 15) is 18.1 Å². The second kappa shape index (κ2) is 8.90. The molecule has 1 atom stereocenters. The Labute approximate surface area is 176 Å². The lowest BCUT2D eigenvalue weighted by atomic mass is 10.1. The van der Waals surface area contributed by atoms with Crippen LogP contribution in [-0.4, -0.2) is 51.0 Å². The summed E-state index contributed by atoms with van der Waals surface area (Å²) in [4.78, 5) is 1.44. The van der Waals surface area contributed by atoms with Crippen LogP contribution < -0.4 is 9.47 Å². The van der Waals surface area contributed by atoms with E-state index in [4.69, 9.17) is 9.47 Å². The van der Waals surface area contributed by atoms with E-state index >= 15 is 0 Å². The third kappa shape index (κ3) is 4.20. The summed E-state index contributed by atoms with van der Waals surface area (Å²) in [6, 6.07) is 8.94. The third-order valence-electron chi connectivity index (χ3n) is 5.27. The van der Waals surface area contributed by atoms with Crippen LogP contribution in [0.1, 0.15) is 17.5 Å². The highest BCUT2D eigenvalue weighted by Gasteiger charge is 2.38. The fraction of sp³-hybridized carbons (Fsp3) is 0.381. The van der Waals surface area contributed by atoms with Crippen molar-refractivity contribution in [1.29, 1.82) is 5.26 Å². The van der Waals surface area contributed by atoms with Crippen molar-refractivity contribution < 1.29 is 22.3 Å². The van der Waals surface area contributed by atoms with Crippen LogP contribution in [0.3, 0.4) is 0 Å². The average molecular weight is 434 g/mol. The Hall–Kier alpha value is -2.83. The molecule has 0 amide bonds. The van der Waals surface area contributed by atoms with Crippen LogP contribution in [0.4, 0.5) is 4.39 Å². The van der Waals surface area contributed by atoms with Gasteiger partial charge in [-0.1, -0.05) is 18.2 Å². The third-order valence-corrected chi connectivity index (χ3v) is 7.19. The molecule has 1 unspecified atom stereocenters. The van der Waals surface area contributed by atoms with E-state index in [-0.39, 0.29) is 29.3 Å². The first-order valence-electron chi connectivity index (χ1n) is 9.44. The second-order valence-corrected chi connectivity index (χ2v) is 8.96. The molecule has 7 nitrogen and oxygen atoms in total. The van der Waals surface area contributed by atoms with Gasteiger partial charge in [-0.25, -0.2) is 12.8 Å². The fourth-order valence-corrected chi connectivity index (χ4v) is 5.39. The van der Waals surface area contributed by atoms with Crippen molar-refractivity contribution in [2.45, 2.75) is 30.8 Å². The van der Waals surface area contributed by atoms with E-state index < -0.39 is 21.9 Å². The number of sulfonamides is 1. The van der Waals surface area contributed by atoms with E-state index in [0.717, 1.165) is 0 Å². The van der Waals surface area contributed by atoms with Crippen LogP contribution in [0.15, 0.2) is 41.3 Å². The Bertz CT molecular complexity index is 1070. The zero-order chi connectivity index (χ0) is 21.9. The minimum absolute atomic E-state index is 0.0622. The molecular formula is C21H24FN3O4S. The molecule has 0 saturated carbocycles. The van der Waals surface area contributed by atoms with Gasteiger partial charge in [-0.05, 0) is 31.0 Å². The van der Waals surface area contributed by atoms with Gasteiger partial charge in [-0.3, -0.25) is 0 Å². The van der Waals surface area contributed by atoms with Gasteiger partial charge in [0.05, 0.1) is 14.2 Å². The number of halogens is 1. The number of methoxy groups -OCH3 is 2. The monoisotopic (exact) mass is 433 g/mol. The van der Waals surface area contributed by atoms with Crippen LogP contribution in [0.2, 0.25) is 0 Å². The summed E-state index contributed by atoms with van der Waals surface area (Å²) in [5.41, 5.74) is 0.713. The predicted octanol–water partition coefficient (Wildman–Crippen LogP) is 2.90.